The second-order valence-corrected chi connectivity index (χ2v) is 4.03. The van der Waals surface area contributed by atoms with Crippen LogP contribution in [0.4, 0.5) is 17.1 Å². The van der Waals surface area contributed by atoms with Crippen LogP contribution in [-0.4, -0.2) is 21.3 Å². The first-order valence-electron chi connectivity index (χ1n) is 6.03. The molecule has 0 amide bonds. The van der Waals surface area contributed by atoms with Gasteiger partial charge in [-0.1, -0.05) is 6.07 Å². The van der Waals surface area contributed by atoms with Crippen molar-refractivity contribution in [1.29, 1.82) is 0 Å². The summed E-state index contributed by atoms with van der Waals surface area (Å²) < 4.78 is 10.5. The number of ether oxygens (including phenoxy) is 2. The Bertz CT molecular complexity index is 556. The monoisotopic (exact) mass is 258 g/mol. The fraction of sp³-hybridized carbons (Fsp3) is 0.200. The highest BCUT2D eigenvalue weighted by Gasteiger charge is 2.04. The van der Waals surface area contributed by atoms with Crippen LogP contribution >= 0.6 is 0 Å². The van der Waals surface area contributed by atoms with Crippen molar-refractivity contribution in [2.75, 3.05) is 31.9 Å². The lowest BCUT2D eigenvalue weighted by Gasteiger charge is -2.12. The Morgan fingerprint density at radius 2 is 1.47 bits per heavy atom. The molecule has 0 fully saturated rings. The maximum absolute atomic E-state index is 5.28. The number of rotatable bonds is 5. The molecule has 0 heterocycles. The lowest BCUT2D eigenvalue weighted by atomic mass is 10.2. The molecule has 2 aromatic rings. The second-order valence-electron chi connectivity index (χ2n) is 4.03. The summed E-state index contributed by atoms with van der Waals surface area (Å²) in [5.41, 5.74) is 3.02. The smallest absolute Gasteiger partial charge is 0.162 e. The summed E-state index contributed by atoms with van der Waals surface area (Å²) in [5.74, 6) is 1.43. The number of benzene rings is 2. The van der Waals surface area contributed by atoms with Crippen molar-refractivity contribution >= 4 is 17.1 Å². The summed E-state index contributed by atoms with van der Waals surface area (Å²) in [6, 6.07) is 13.8. The van der Waals surface area contributed by atoms with Crippen LogP contribution in [0.5, 0.6) is 11.5 Å². The Morgan fingerprint density at radius 1 is 0.789 bits per heavy atom. The molecular formula is C15H18N2O2. The van der Waals surface area contributed by atoms with E-state index in [0.717, 1.165) is 22.8 Å². The molecule has 4 nitrogen and oxygen atoms in total. The van der Waals surface area contributed by atoms with Gasteiger partial charge < -0.3 is 20.1 Å². The van der Waals surface area contributed by atoms with Crippen LogP contribution in [0.3, 0.4) is 0 Å². The van der Waals surface area contributed by atoms with E-state index >= 15 is 0 Å². The normalized spacial score (nSPS) is 9.84. The van der Waals surface area contributed by atoms with Crippen molar-refractivity contribution in [3.63, 3.8) is 0 Å². The van der Waals surface area contributed by atoms with Gasteiger partial charge in [0.2, 0.25) is 0 Å². The summed E-state index contributed by atoms with van der Waals surface area (Å²) in [5, 5.41) is 6.44. The molecule has 4 heteroatoms. The molecule has 0 bridgehead atoms. The van der Waals surface area contributed by atoms with Crippen LogP contribution in [0.25, 0.3) is 0 Å². The summed E-state index contributed by atoms with van der Waals surface area (Å²) >= 11 is 0. The fourth-order valence-electron chi connectivity index (χ4n) is 1.83. The van der Waals surface area contributed by atoms with Gasteiger partial charge in [-0.25, -0.2) is 0 Å². The van der Waals surface area contributed by atoms with E-state index in [-0.39, 0.29) is 0 Å². The lowest BCUT2D eigenvalue weighted by molar-refractivity contribution is 0.355. The molecule has 2 rings (SSSR count). The fourth-order valence-corrected chi connectivity index (χ4v) is 1.83. The zero-order valence-corrected chi connectivity index (χ0v) is 11.4. The molecule has 2 N–H and O–H groups in total. The van der Waals surface area contributed by atoms with E-state index in [4.69, 9.17) is 9.47 Å². The van der Waals surface area contributed by atoms with E-state index in [0.29, 0.717) is 5.75 Å². The van der Waals surface area contributed by atoms with Gasteiger partial charge in [-0.3, -0.25) is 0 Å². The van der Waals surface area contributed by atoms with Crippen molar-refractivity contribution in [3.05, 3.63) is 42.5 Å². The average molecular weight is 258 g/mol. The molecule has 0 unspecified atom stereocenters. The third-order valence-electron chi connectivity index (χ3n) is 2.82. The van der Waals surface area contributed by atoms with Crippen molar-refractivity contribution in [3.8, 4) is 11.5 Å². The largest absolute Gasteiger partial charge is 0.493 e. The molecule has 0 aliphatic rings. The zero-order valence-electron chi connectivity index (χ0n) is 11.4. The van der Waals surface area contributed by atoms with E-state index in [2.05, 4.69) is 10.6 Å². The highest BCUT2D eigenvalue weighted by Crippen LogP contribution is 2.31. The van der Waals surface area contributed by atoms with Crippen LogP contribution in [0.15, 0.2) is 42.5 Å². The Balaban J connectivity index is 2.22. The summed E-state index contributed by atoms with van der Waals surface area (Å²) in [7, 11) is 5.15. The molecule has 0 aliphatic heterocycles. The second kappa shape index (κ2) is 6.00. The van der Waals surface area contributed by atoms with E-state index in [1.165, 1.54) is 0 Å². The van der Waals surface area contributed by atoms with Gasteiger partial charge in [0.1, 0.15) is 0 Å². The Labute approximate surface area is 113 Å². The van der Waals surface area contributed by atoms with Gasteiger partial charge in [0.15, 0.2) is 11.5 Å². The van der Waals surface area contributed by atoms with Crippen molar-refractivity contribution in [1.82, 2.24) is 0 Å². The number of anilines is 3. The van der Waals surface area contributed by atoms with E-state index in [1.54, 1.807) is 14.2 Å². The first-order chi connectivity index (χ1) is 9.26. The molecule has 0 aliphatic carbocycles. The molecule has 0 atom stereocenters. The SMILES string of the molecule is CNc1cccc(Nc2ccc(OC)c(OC)c2)c1. The predicted octanol–water partition coefficient (Wildman–Crippen LogP) is 3.49. The Hall–Kier alpha value is -2.36. The van der Waals surface area contributed by atoms with E-state index < -0.39 is 0 Å². The number of hydrogen-bond donors (Lipinski definition) is 2. The van der Waals surface area contributed by atoms with E-state index in [9.17, 15) is 0 Å². The minimum Gasteiger partial charge on any atom is -0.493 e. The van der Waals surface area contributed by atoms with Crippen LogP contribution < -0.4 is 20.1 Å². The molecule has 0 saturated heterocycles. The van der Waals surface area contributed by atoms with Crippen molar-refractivity contribution in [2.24, 2.45) is 0 Å². The lowest BCUT2D eigenvalue weighted by Crippen LogP contribution is -1.95. The molecule has 19 heavy (non-hydrogen) atoms. The summed E-state index contributed by atoms with van der Waals surface area (Å²) in [6.45, 7) is 0. The van der Waals surface area contributed by atoms with Gasteiger partial charge in [0.25, 0.3) is 0 Å². The van der Waals surface area contributed by atoms with Crippen LogP contribution in [0.2, 0.25) is 0 Å². The molecular weight excluding hydrogens is 240 g/mol. The van der Waals surface area contributed by atoms with Gasteiger partial charge in [0.05, 0.1) is 14.2 Å². The quantitative estimate of drug-likeness (QED) is 0.861. The Kier molecular flexibility index (Phi) is 4.13. The first-order valence-corrected chi connectivity index (χ1v) is 6.03. The molecule has 0 aromatic heterocycles. The first kappa shape index (κ1) is 13.1. The molecule has 2 aromatic carbocycles. The standard InChI is InChI=1S/C15H18N2O2/c1-16-11-5-4-6-12(9-11)17-13-7-8-14(18-2)15(10-13)19-3/h4-10,16-17H,1-3H3. The van der Waals surface area contributed by atoms with Crippen LogP contribution in [0.1, 0.15) is 0 Å². The van der Waals surface area contributed by atoms with Gasteiger partial charge >= 0.3 is 0 Å². The third kappa shape index (κ3) is 3.10. The van der Waals surface area contributed by atoms with Gasteiger partial charge in [0, 0.05) is 30.2 Å². The third-order valence-corrected chi connectivity index (χ3v) is 2.82. The highest BCUT2D eigenvalue weighted by molar-refractivity contribution is 5.66. The maximum atomic E-state index is 5.28. The molecule has 0 saturated carbocycles. The topological polar surface area (TPSA) is 42.5 Å². The van der Waals surface area contributed by atoms with E-state index in [1.807, 2.05) is 49.5 Å². The van der Waals surface area contributed by atoms with Crippen LogP contribution in [-0.2, 0) is 0 Å². The molecule has 0 radical (unpaired) electrons. The highest BCUT2D eigenvalue weighted by atomic mass is 16.5. The predicted molar refractivity (Wildman–Crippen MR) is 78.8 cm³/mol. The number of hydrogen-bond acceptors (Lipinski definition) is 4. The maximum Gasteiger partial charge on any atom is 0.162 e. The van der Waals surface area contributed by atoms with Crippen LogP contribution in [0, 0.1) is 0 Å². The molecule has 0 spiro atoms. The zero-order chi connectivity index (χ0) is 13.7. The summed E-state index contributed by atoms with van der Waals surface area (Å²) in [6.07, 6.45) is 0. The minimum absolute atomic E-state index is 0.706. The van der Waals surface area contributed by atoms with Crippen molar-refractivity contribution in [2.45, 2.75) is 0 Å². The van der Waals surface area contributed by atoms with Gasteiger partial charge in [-0.15, -0.1) is 0 Å². The van der Waals surface area contributed by atoms with Gasteiger partial charge in [-0.2, -0.15) is 0 Å². The number of methoxy groups -OCH3 is 2. The Morgan fingerprint density at radius 3 is 2.16 bits per heavy atom. The summed E-state index contributed by atoms with van der Waals surface area (Å²) in [4.78, 5) is 0. The molecule has 100 valence electrons. The number of nitrogens with one attached hydrogen (secondary N) is 2. The average Bonchev–Trinajstić information content (AvgIpc) is 2.47. The minimum atomic E-state index is 0.706. The van der Waals surface area contributed by atoms with Crippen molar-refractivity contribution < 1.29 is 9.47 Å². The van der Waals surface area contributed by atoms with Gasteiger partial charge in [-0.05, 0) is 30.3 Å².